The highest BCUT2D eigenvalue weighted by molar-refractivity contribution is 8.14. The lowest BCUT2D eigenvalue weighted by Crippen LogP contribution is -2.57. The molecular formula is C24H40N2OS. The predicted molar refractivity (Wildman–Crippen MR) is 118 cm³/mol. The van der Waals surface area contributed by atoms with Gasteiger partial charge in [0.2, 0.25) is 0 Å². The van der Waals surface area contributed by atoms with Crippen LogP contribution in [0.25, 0.3) is 0 Å². The molecule has 158 valence electrons. The van der Waals surface area contributed by atoms with E-state index in [9.17, 15) is 0 Å². The number of hydrogen-bond acceptors (Lipinski definition) is 4. The van der Waals surface area contributed by atoms with Crippen LogP contribution in [-0.4, -0.2) is 22.7 Å². The molecule has 1 heterocycles. The van der Waals surface area contributed by atoms with Gasteiger partial charge >= 0.3 is 0 Å². The molecule has 4 aliphatic carbocycles. The first-order valence-electron chi connectivity index (χ1n) is 12.1. The number of unbranched alkanes of at least 4 members (excludes halogenated alkanes) is 1. The lowest BCUT2D eigenvalue weighted by Gasteiger charge is -2.61. The summed E-state index contributed by atoms with van der Waals surface area (Å²) in [5.41, 5.74) is 6.69. The number of hydrogen-bond donors (Lipinski definition) is 1. The summed E-state index contributed by atoms with van der Waals surface area (Å²) in [6, 6.07) is 0. The summed E-state index contributed by atoms with van der Waals surface area (Å²) in [5, 5.41) is 1.21. The Balaban J connectivity index is 1.46. The van der Waals surface area contributed by atoms with Gasteiger partial charge in [0.1, 0.15) is 0 Å². The quantitative estimate of drug-likeness (QED) is 0.587. The van der Waals surface area contributed by atoms with Gasteiger partial charge in [0.25, 0.3) is 0 Å². The molecule has 8 atom stereocenters. The van der Waals surface area contributed by atoms with Crippen molar-refractivity contribution >= 4 is 16.9 Å². The Labute approximate surface area is 176 Å². The molecule has 4 saturated carbocycles. The molecule has 2 N–H and O–H groups in total. The Bertz CT molecular complexity index is 653. The highest BCUT2D eigenvalue weighted by atomic mass is 32.2. The molecule has 28 heavy (non-hydrogen) atoms. The summed E-state index contributed by atoms with van der Waals surface area (Å²) in [7, 11) is 0. The van der Waals surface area contributed by atoms with Crippen LogP contribution in [0.15, 0.2) is 4.99 Å². The Kier molecular flexibility index (Phi) is 4.86. The Hall–Kier alpha value is -0.220. The molecule has 0 aromatic heterocycles. The SMILES string of the molecule is CCCCO[C@]12N=C(N)S[C@@H]1C[C@@H]1[C@@H]3CC[C@H]4CCCC[C@]4(C)[C@@H]3CC[C@@]12C. The van der Waals surface area contributed by atoms with Crippen LogP contribution in [0.3, 0.4) is 0 Å². The first-order valence-corrected chi connectivity index (χ1v) is 13.0. The van der Waals surface area contributed by atoms with Crippen molar-refractivity contribution < 1.29 is 4.74 Å². The number of thioether (sulfide) groups is 1. The van der Waals surface area contributed by atoms with Crippen LogP contribution in [0.5, 0.6) is 0 Å². The maximum Gasteiger partial charge on any atom is 0.179 e. The number of amidine groups is 1. The fourth-order valence-electron chi connectivity index (χ4n) is 8.58. The van der Waals surface area contributed by atoms with Gasteiger partial charge in [-0.1, -0.05) is 51.8 Å². The maximum absolute atomic E-state index is 6.72. The van der Waals surface area contributed by atoms with E-state index in [1.807, 2.05) is 11.8 Å². The van der Waals surface area contributed by atoms with E-state index >= 15 is 0 Å². The minimum Gasteiger partial charge on any atom is -0.378 e. The third kappa shape index (κ3) is 2.55. The van der Waals surface area contributed by atoms with E-state index in [2.05, 4.69) is 20.8 Å². The van der Waals surface area contributed by atoms with E-state index in [1.165, 1.54) is 64.2 Å². The van der Waals surface area contributed by atoms with Gasteiger partial charge in [-0.3, -0.25) is 0 Å². The van der Waals surface area contributed by atoms with Gasteiger partial charge < -0.3 is 10.5 Å². The lowest BCUT2D eigenvalue weighted by molar-refractivity contribution is -0.168. The Morgan fingerprint density at radius 2 is 1.96 bits per heavy atom. The zero-order valence-corrected chi connectivity index (χ0v) is 19.0. The van der Waals surface area contributed by atoms with Crippen molar-refractivity contribution in [3.05, 3.63) is 0 Å². The van der Waals surface area contributed by atoms with Crippen LogP contribution in [0.1, 0.15) is 91.4 Å². The number of rotatable bonds is 4. The van der Waals surface area contributed by atoms with E-state index in [4.69, 9.17) is 15.5 Å². The summed E-state index contributed by atoms with van der Waals surface area (Å²) in [5.74, 6) is 3.57. The second-order valence-electron chi connectivity index (χ2n) is 11.0. The number of nitrogens with zero attached hydrogens (tertiary/aromatic N) is 1. The molecule has 0 aromatic rings. The smallest absolute Gasteiger partial charge is 0.179 e. The largest absolute Gasteiger partial charge is 0.378 e. The van der Waals surface area contributed by atoms with Crippen LogP contribution in [-0.2, 0) is 4.74 Å². The first-order chi connectivity index (χ1) is 13.4. The minimum atomic E-state index is -0.350. The van der Waals surface area contributed by atoms with Crippen LogP contribution in [0, 0.1) is 34.5 Å². The molecule has 5 rings (SSSR count). The van der Waals surface area contributed by atoms with Crippen molar-refractivity contribution in [3.63, 3.8) is 0 Å². The normalized spacial score (nSPS) is 52.4. The summed E-state index contributed by atoms with van der Waals surface area (Å²) >= 11 is 1.82. The maximum atomic E-state index is 6.72. The molecule has 0 amide bonds. The van der Waals surface area contributed by atoms with E-state index in [1.54, 1.807) is 0 Å². The summed E-state index contributed by atoms with van der Waals surface area (Å²) in [6.45, 7) is 8.27. The molecule has 4 heteroatoms. The topological polar surface area (TPSA) is 47.6 Å². The van der Waals surface area contributed by atoms with Gasteiger partial charge in [-0.2, -0.15) is 0 Å². The van der Waals surface area contributed by atoms with E-state index < -0.39 is 0 Å². The van der Waals surface area contributed by atoms with Crippen molar-refractivity contribution in [1.82, 2.24) is 0 Å². The first kappa shape index (κ1) is 19.7. The Morgan fingerprint density at radius 1 is 1.11 bits per heavy atom. The van der Waals surface area contributed by atoms with E-state index in [0.29, 0.717) is 10.7 Å². The molecular weight excluding hydrogens is 364 g/mol. The van der Waals surface area contributed by atoms with E-state index in [-0.39, 0.29) is 11.1 Å². The second kappa shape index (κ2) is 6.90. The van der Waals surface area contributed by atoms with Crippen molar-refractivity contribution in [3.8, 4) is 0 Å². The Morgan fingerprint density at radius 3 is 2.79 bits per heavy atom. The fraction of sp³-hybridized carbons (Fsp3) is 0.958. The summed E-state index contributed by atoms with van der Waals surface area (Å²) < 4.78 is 6.72. The van der Waals surface area contributed by atoms with Gasteiger partial charge in [-0.05, 0) is 80.5 Å². The van der Waals surface area contributed by atoms with Gasteiger partial charge in [-0.15, -0.1) is 0 Å². The molecule has 5 aliphatic rings. The number of ether oxygens (including phenoxy) is 1. The molecule has 0 radical (unpaired) electrons. The number of fused-ring (bicyclic) bond motifs is 7. The molecule has 3 nitrogen and oxygen atoms in total. The average Bonchev–Trinajstić information content (AvgIpc) is 3.11. The van der Waals surface area contributed by atoms with Gasteiger partial charge in [0, 0.05) is 12.0 Å². The highest BCUT2D eigenvalue weighted by Crippen LogP contribution is 2.71. The number of aliphatic imine (C=N–C) groups is 1. The molecule has 0 unspecified atom stereocenters. The fourth-order valence-corrected chi connectivity index (χ4v) is 9.91. The van der Waals surface area contributed by atoms with Crippen LogP contribution in [0.4, 0.5) is 0 Å². The summed E-state index contributed by atoms with van der Waals surface area (Å²) in [6.07, 6.45) is 15.1. The van der Waals surface area contributed by atoms with Gasteiger partial charge in [0.05, 0.1) is 5.25 Å². The minimum absolute atomic E-state index is 0.165. The van der Waals surface area contributed by atoms with Crippen molar-refractivity contribution in [2.75, 3.05) is 6.61 Å². The van der Waals surface area contributed by atoms with Crippen LogP contribution >= 0.6 is 11.8 Å². The van der Waals surface area contributed by atoms with Crippen molar-refractivity contribution in [2.24, 2.45) is 45.2 Å². The molecule has 0 spiro atoms. The molecule has 0 saturated heterocycles. The van der Waals surface area contributed by atoms with Crippen molar-refractivity contribution in [2.45, 2.75) is 102 Å². The van der Waals surface area contributed by atoms with Crippen LogP contribution < -0.4 is 5.73 Å². The average molecular weight is 405 g/mol. The van der Waals surface area contributed by atoms with Crippen molar-refractivity contribution in [1.29, 1.82) is 0 Å². The standard InChI is InChI=1S/C24H40N2OS/c1-4-5-14-27-24-20(28-21(25)26-24)15-19-17-10-9-16-8-6-7-12-22(16,2)18(17)11-13-23(19,24)3/h16-20H,4-15H2,1-3H3,(H2,25,26)/t16-,17-,18-,19-,20-,22+,23+,24-/m1/s1. The molecule has 1 aliphatic heterocycles. The van der Waals surface area contributed by atoms with Gasteiger partial charge in [-0.25, -0.2) is 4.99 Å². The van der Waals surface area contributed by atoms with Crippen LogP contribution in [0.2, 0.25) is 0 Å². The molecule has 4 fully saturated rings. The molecule has 0 bridgehead atoms. The monoisotopic (exact) mass is 404 g/mol. The molecule has 0 aromatic carbocycles. The second-order valence-corrected chi connectivity index (χ2v) is 12.3. The third-order valence-electron chi connectivity index (χ3n) is 10.1. The lowest BCUT2D eigenvalue weighted by atomic mass is 9.45. The van der Waals surface area contributed by atoms with Gasteiger partial charge in [0.15, 0.2) is 10.9 Å². The van der Waals surface area contributed by atoms with E-state index in [0.717, 1.165) is 41.9 Å². The summed E-state index contributed by atoms with van der Waals surface area (Å²) in [4.78, 5) is 5.08. The zero-order valence-electron chi connectivity index (χ0n) is 18.2. The third-order valence-corrected chi connectivity index (χ3v) is 11.2. The zero-order chi connectivity index (χ0) is 19.6. The highest BCUT2D eigenvalue weighted by Gasteiger charge is 2.71. The number of nitrogens with two attached hydrogens (primary N) is 1. The predicted octanol–water partition coefficient (Wildman–Crippen LogP) is 5.97.